The van der Waals surface area contributed by atoms with Crippen molar-refractivity contribution in [1.29, 1.82) is 0 Å². The fraction of sp³-hybridized carbons (Fsp3) is 0.0169. The molecule has 0 spiro atoms. The molecule has 28 rings (SSSR count). The fourth-order valence-electron chi connectivity index (χ4n) is 18.3. The van der Waals surface area contributed by atoms with Crippen LogP contribution in [0.5, 0.6) is 46.0 Å². The Morgan fingerprint density at radius 3 is 1.04 bits per heavy atom. The van der Waals surface area contributed by atoms with Crippen LogP contribution in [0.15, 0.2) is 426 Å². The van der Waals surface area contributed by atoms with Gasteiger partial charge < -0.3 is 38.7 Å². The summed E-state index contributed by atoms with van der Waals surface area (Å²) in [4.78, 5) is 13.3. The van der Waals surface area contributed by atoms with Gasteiger partial charge in [0.2, 0.25) is 0 Å². The van der Waals surface area contributed by atoms with Crippen molar-refractivity contribution >= 4 is 77.7 Å². The van der Waals surface area contributed by atoms with Crippen molar-refractivity contribution in [3.63, 3.8) is 0 Å². The summed E-state index contributed by atoms with van der Waals surface area (Å²) in [6, 6.07) is 150. The first-order valence-electron chi connectivity index (χ1n) is 45.0. The second-order valence-corrected chi connectivity index (χ2v) is 33.0. The van der Waals surface area contributed by atoms with Gasteiger partial charge in [0.25, 0.3) is 0 Å². The zero-order valence-corrected chi connectivity index (χ0v) is 83.7. The van der Waals surface area contributed by atoms with E-state index in [1.165, 1.54) is 0 Å². The van der Waals surface area contributed by atoms with Gasteiger partial charge in [-0.3, -0.25) is 28.1 Å². The Hall–Kier alpha value is -16.3. The molecule has 0 aliphatic carbocycles. The van der Waals surface area contributed by atoms with Crippen LogP contribution in [-0.4, -0.2) is 68.7 Å². The van der Waals surface area contributed by atoms with E-state index >= 15 is 0 Å². The minimum absolute atomic E-state index is 0. The molecule has 2 atom stereocenters. The topological polar surface area (TPSA) is 176 Å². The van der Waals surface area contributed by atoms with Gasteiger partial charge in [-0.05, 0) is 142 Å². The number of aromatic nitrogens is 14. The first-order chi connectivity index (χ1) is 68.4. The second kappa shape index (κ2) is 40.2. The third-order valence-electron chi connectivity index (χ3n) is 24.6. The Kier molecular flexibility index (Phi) is 26.1. The molecule has 4 aliphatic rings. The van der Waals surface area contributed by atoms with Gasteiger partial charge in [0.15, 0.2) is 0 Å². The first kappa shape index (κ1) is 92.1. The van der Waals surface area contributed by atoms with Crippen LogP contribution in [0.4, 0.5) is 34.1 Å². The zero-order chi connectivity index (χ0) is 91.4. The summed E-state index contributed by atoms with van der Waals surface area (Å²) >= 11 is 0. The van der Waals surface area contributed by atoms with Crippen LogP contribution in [-0.2, 0) is 84.3 Å². The Morgan fingerprint density at radius 2 is 0.577 bits per heavy atom. The van der Waals surface area contributed by atoms with Crippen molar-refractivity contribution in [2.75, 3.05) is 9.80 Å². The number of para-hydroxylation sites is 10. The minimum Gasteiger partial charge on any atom is -0.516 e. The summed E-state index contributed by atoms with van der Waals surface area (Å²) in [6.07, 6.45) is 18.5. The number of pyridine rings is 2. The van der Waals surface area contributed by atoms with Crippen molar-refractivity contribution in [2.45, 2.75) is 11.8 Å². The molecular weight excluding hydrogens is 2490 g/mol. The average molecular weight is 2560 g/mol. The summed E-state index contributed by atoms with van der Waals surface area (Å²) in [6.45, 7) is 0. The van der Waals surface area contributed by atoms with E-state index in [1.807, 2.05) is 352 Å². The van der Waals surface area contributed by atoms with Crippen LogP contribution in [0.25, 0.3) is 100 Å². The van der Waals surface area contributed by atoms with Crippen LogP contribution in [0.3, 0.4) is 0 Å². The van der Waals surface area contributed by atoms with Gasteiger partial charge in [0.1, 0.15) is 23.0 Å². The van der Waals surface area contributed by atoms with Gasteiger partial charge >= 0.3 is 84.3 Å². The van der Waals surface area contributed by atoms with E-state index in [0.29, 0.717) is 0 Å². The fourth-order valence-corrected chi connectivity index (χ4v) is 18.3. The average Bonchev–Trinajstić information content (AvgIpc) is 0.835. The molecule has 0 saturated carbocycles. The van der Waals surface area contributed by atoms with E-state index in [0.717, 1.165) is 214 Å². The summed E-state index contributed by atoms with van der Waals surface area (Å²) in [5.41, 5.74) is 24.3. The van der Waals surface area contributed by atoms with Crippen LogP contribution in [0.1, 0.15) is 45.2 Å². The van der Waals surface area contributed by atoms with Crippen molar-refractivity contribution in [3.8, 4) is 103 Å². The maximum absolute atomic E-state index is 6.32. The minimum atomic E-state index is -0.0859. The molecule has 4 aliphatic heterocycles. The first-order valence-corrected chi connectivity index (χ1v) is 45.0. The Balaban J connectivity index is 0.000000111. The third-order valence-corrected chi connectivity index (χ3v) is 24.6. The van der Waals surface area contributed by atoms with Crippen LogP contribution in [0.2, 0.25) is 0 Å². The summed E-state index contributed by atoms with van der Waals surface area (Å²) in [5, 5.41) is 31.6. The monoisotopic (exact) mass is 2560 g/mol. The molecule has 0 N–H and O–H groups in total. The normalized spacial score (nSPS) is 12.9. The SMILES string of the molecule is [Pt+2].[Pt+2].[Pt+2].[Pt+2].[c-]1c(-c2ccccn2)cccc1C1c2[c-]c(-n3ncc4ccccc43)ccc2Oc2ccccc21.[c-]1c(C2c3[c-]c(-n4ncc5ccccc54)ccc3Oc3ccccc32)cccc1-n1cccn1.[c-]1c(N2c3[c-]c(-c4ccccn4)ccc3Oc3ccccc32)cccc1-n1ncc2ccccc21.[c-]1c(N2c3[c-]c(-n4cccn4)ccc3Oc3ccccc32)cccc1-n1ncc2ccccc21. The smallest absolute Gasteiger partial charge is 0.516 e. The summed E-state index contributed by atoms with van der Waals surface area (Å²) in [7, 11) is 0. The van der Waals surface area contributed by atoms with Crippen LogP contribution >= 0.6 is 0 Å². The summed E-state index contributed by atoms with van der Waals surface area (Å²) < 4.78 is 36.4. The molecule has 2 unspecified atom stereocenters. The molecule has 0 bridgehead atoms. The molecule has 24 aromatic rings. The molecule has 0 radical (unpaired) electrons. The van der Waals surface area contributed by atoms with Gasteiger partial charge in [-0.25, -0.2) is 0 Å². The molecule has 16 aromatic carbocycles. The number of hydrogen-bond acceptors (Lipinski definition) is 14. The van der Waals surface area contributed by atoms with Gasteiger partial charge in [0.05, 0.1) is 64.0 Å². The van der Waals surface area contributed by atoms with E-state index in [4.69, 9.17) is 18.9 Å². The van der Waals surface area contributed by atoms with Gasteiger partial charge in [0, 0.05) is 98.7 Å². The number of ether oxygens (including phenoxy) is 4. The van der Waals surface area contributed by atoms with E-state index in [2.05, 4.69) is 178 Å². The number of benzene rings is 16. The van der Waals surface area contributed by atoms with Crippen LogP contribution in [0, 0.1) is 48.5 Å². The maximum Gasteiger partial charge on any atom is 2.00 e. The summed E-state index contributed by atoms with van der Waals surface area (Å²) in [5.74, 6) is 6.13. The van der Waals surface area contributed by atoms with Gasteiger partial charge in [-0.15, -0.1) is 167 Å². The van der Waals surface area contributed by atoms with E-state index in [-0.39, 0.29) is 96.1 Å². The Labute approximate surface area is 874 Å². The molecule has 0 amide bonds. The predicted octanol–water partition coefficient (Wildman–Crippen LogP) is 26.7. The number of anilines is 6. The predicted molar refractivity (Wildman–Crippen MR) is 533 cm³/mol. The quantitative estimate of drug-likeness (QED) is 0.106. The van der Waals surface area contributed by atoms with Crippen LogP contribution < -0.4 is 28.7 Å². The molecule has 20 nitrogen and oxygen atoms in total. The molecule has 0 saturated heterocycles. The van der Waals surface area contributed by atoms with Crippen molar-refractivity contribution in [1.82, 2.24) is 68.7 Å². The molecule has 12 heterocycles. The number of nitrogens with zero attached hydrogens (tertiary/aromatic N) is 16. The maximum atomic E-state index is 6.32. The Morgan fingerprint density at radius 1 is 0.225 bits per heavy atom. The van der Waals surface area contributed by atoms with Gasteiger partial charge in [-0.1, -0.05) is 169 Å². The largest absolute Gasteiger partial charge is 2.00 e. The number of fused-ring (bicyclic) bond motifs is 12. The molecule has 688 valence electrons. The van der Waals surface area contributed by atoms with Crippen molar-refractivity contribution in [2.24, 2.45) is 0 Å². The van der Waals surface area contributed by atoms with E-state index in [9.17, 15) is 0 Å². The second-order valence-electron chi connectivity index (χ2n) is 33.0. The Bertz CT molecular complexity index is 8640. The number of hydrogen-bond donors (Lipinski definition) is 0. The molecule has 24 heteroatoms. The number of rotatable bonds is 12. The molecule has 142 heavy (non-hydrogen) atoms. The van der Waals surface area contributed by atoms with E-state index in [1.54, 1.807) is 23.3 Å². The van der Waals surface area contributed by atoms with Crippen molar-refractivity contribution in [3.05, 3.63) is 508 Å². The standard InChI is InChI=1S/C31H19N3O.C30H18N4O.C29H18N4O.C28H17N5O.4Pt/c1-3-13-28-23(8-1)20-33-34(28)24-15-16-30-26(19-24)31(25-11-2-4-14-29(25)35-30)22-10-7-9-21(18-22)27-12-5-6-17-32-27;1-2-12-26-22(8-1)20-32-34(26)24-10-7-9-23(19-24)33-27-13-3-4-14-29(27)35-30-16-15-21(18-28(30)33)25-11-5-6-17-31-25;1-3-11-26-21(7-1)19-31-33(26)23-13-14-28-25(18-23)29(24-10-2-4-12-27(24)34-28)20-8-5-9-22(17-20)32-16-6-15-30-32;1-2-10-24-20(7-1)19-30-33(24)23-9-5-8-22(17-23)32-25-11-3-4-12-27(25)34-28-14-13-21(18-26(28)32)31-16-6-15-29-31;;;;/h1-17,20,31H;1-17,20H;1-16,19,29H;1-16,19H;;;;/q4*-2;4*+2. The molecule has 8 aromatic heterocycles. The molecule has 0 fully saturated rings. The third kappa shape index (κ3) is 17.5. The van der Waals surface area contributed by atoms with E-state index < -0.39 is 0 Å². The van der Waals surface area contributed by atoms with Gasteiger partial charge in [-0.2, -0.15) is 66.5 Å². The molecular formula is C118H72N16O4Pt4. The zero-order valence-electron chi connectivity index (χ0n) is 74.6. The van der Waals surface area contributed by atoms with Crippen molar-refractivity contribution < 1.29 is 103 Å².